The zero-order valence-electron chi connectivity index (χ0n) is 22.6. The van der Waals surface area contributed by atoms with Crippen molar-refractivity contribution in [1.29, 1.82) is 0 Å². The average Bonchev–Trinajstić information content (AvgIpc) is 2.85. The van der Waals surface area contributed by atoms with Crippen LogP contribution in [0.25, 0.3) is 0 Å². The lowest BCUT2D eigenvalue weighted by Crippen LogP contribution is -2.01. The van der Waals surface area contributed by atoms with Gasteiger partial charge < -0.3 is 9.47 Å². The van der Waals surface area contributed by atoms with Crippen LogP contribution in [0.3, 0.4) is 0 Å². The monoisotopic (exact) mass is 474 g/mol. The van der Waals surface area contributed by atoms with Crippen molar-refractivity contribution in [2.24, 2.45) is 0 Å². The molecule has 0 N–H and O–H groups in total. The molecule has 34 heavy (non-hydrogen) atoms. The molecule has 1 rings (SSSR count). The maximum Gasteiger partial charge on any atom is 0.150 e. The van der Waals surface area contributed by atoms with E-state index >= 15 is 0 Å². The van der Waals surface area contributed by atoms with E-state index in [9.17, 15) is 4.79 Å². The Kier molecular flexibility index (Phi) is 20.9. The third kappa shape index (κ3) is 17.9. The first-order valence-corrected chi connectivity index (χ1v) is 14.7. The van der Waals surface area contributed by atoms with Gasteiger partial charge in [-0.25, -0.2) is 0 Å². The van der Waals surface area contributed by atoms with Gasteiger partial charge in [-0.1, -0.05) is 129 Å². The van der Waals surface area contributed by atoms with Gasteiger partial charge in [0.2, 0.25) is 0 Å². The van der Waals surface area contributed by atoms with E-state index < -0.39 is 0 Å². The van der Waals surface area contributed by atoms with Crippen molar-refractivity contribution in [2.75, 3.05) is 13.2 Å². The highest BCUT2D eigenvalue weighted by molar-refractivity contribution is 5.76. The van der Waals surface area contributed by atoms with E-state index in [0.717, 1.165) is 30.6 Å². The first kappa shape index (κ1) is 30.5. The highest BCUT2D eigenvalue weighted by atomic mass is 16.5. The summed E-state index contributed by atoms with van der Waals surface area (Å²) in [6.45, 7) is 5.95. The van der Waals surface area contributed by atoms with Gasteiger partial charge >= 0.3 is 0 Å². The van der Waals surface area contributed by atoms with Crippen LogP contribution in [-0.2, 0) is 0 Å². The molecule has 0 saturated carbocycles. The van der Waals surface area contributed by atoms with Crippen molar-refractivity contribution in [2.45, 2.75) is 142 Å². The van der Waals surface area contributed by atoms with Gasteiger partial charge in [-0.15, -0.1) is 0 Å². The summed E-state index contributed by atoms with van der Waals surface area (Å²) in [5, 5.41) is 0. The quantitative estimate of drug-likeness (QED) is 0.104. The van der Waals surface area contributed by atoms with E-state index in [1.54, 1.807) is 0 Å². The van der Waals surface area contributed by atoms with Crippen molar-refractivity contribution in [1.82, 2.24) is 0 Å². The molecular formula is C31H54O3. The van der Waals surface area contributed by atoms with Gasteiger partial charge in [-0.05, 0) is 25.0 Å². The summed E-state index contributed by atoms with van der Waals surface area (Å²) in [6, 6.07) is 5.56. The molecule has 0 aliphatic heterocycles. The molecule has 0 unspecified atom stereocenters. The summed E-state index contributed by atoms with van der Waals surface area (Å²) in [7, 11) is 0. The fourth-order valence-electron chi connectivity index (χ4n) is 4.39. The number of unbranched alkanes of at least 4 members (excludes halogenated alkanes) is 18. The molecule has 3 nitrogen and oxygen atoms in total. The van der Waals surface area contributed by atoms with Crippen LogP contribution >= 0.6 is 0 Å². The predicted molar refractivity (Wildman–Crippen MR) is 147 cm³/mol. The van der Waals surface area contributed by atoms with Gasteiger partial charge in [0.25, 0.3) is 0 Å². The predicted octanol–water partition coefficient (Wildman–Crippen LogP) is 10.1. The van der Waals surface area contributed by atoms with E-state index in [2.05, 4.69) is 13.8 Å². The fraction of sp³-hybridized carbons (Fsp3) is 0.774. The molecule has 0 fully saturated rings. The Morgan fingerprint density at radius 3 is 1.15 bits per heavy atom. The lowest BCUT2D eigenvalue weighted by Gasteiger charge is -2.11. The van der Waals surface area contributed by atoms with Crippen LogP contribution in [0.5, 0.6) is 11.5 Å². The molecule has 0 atom stereocenters. The first-order valence-electron chi connectivity index (χ1n) is 14.7. The van der Waals surface area contributed by atoms with Crippen molar-refractivity contribution in [3.8, 4) is 11.5 Å². The highest BCUT2D eigenvalue weighted by Crippen LogP contribution is 2.23. The zero-order valence-corrected chi connectivity index (χ0v) is 22.6. The highest BCUT2D eigenvalue weighted by Gasteiger charge is 2.04. The van der Waals surface area contributed by atoms with Crippen LogP contribution in [0.15, 0.2) is 18.2 Å². The average molecular weight is 475 g/mol. The standard InChI is InChI=1S/C31H54O3/c1-3-5-7-9-11-13-15-17-19-21-23-33-30-25-29(28-32)26-31(27-30)34-24-22-20-18-16-14-12-10-8-6-4-2/h25-28H,3-24H2,1-2H3. The van der Waals surface area contributed by atoms with Gasteiger partial charge in [0.15, 0.2) is 0 Å². The molecule has 0 aliphatic rings. The third-order valence-corrected chi connectivity index (χ3v) is 6.57. The normalized spacial score (nSPS) is 11.0. The summed E-state index contributed by atoms with van der Waals surface area (Å²) in [5.41, 5.74) is 0.624. The Balaban J connectivity index is 2.10. The molecule has 1 aromatic carbocycles. The molecule has 1 aromatic rings. The van der Waals surface area contributed by atoms with Crippen molar-refractivity contribution in [3.05, 3.63) is 23.8 Å². The number of carbonyl (C=O) groups is 1. The Hall–Kier alpha value is -1.51. The second-order valence-corrected chi connectivity index (χ2v) is 9.92. The Labute approximate surface area is 211 Å². The molecule has 0 amide bonds. The number of rotatable bonds is 25. The Morgan fingerprint density at radius 2 is 0.824 bits per heavy atom. The van der Waals surface area contributed by atoms with Gasteiger partial charge in [-0.2, -0.15) is 0 Å². The minimum atomic E-state index is 0.624. The van der Waals surface area contributed by atoms with E-state index in [4.69, 9.17) is 9.47 Å². The number of ether oxygens (including phenoxy) is 2. The van der Waals surface area contributed by atoms with Crippen LogP contribution in [0, 0.1) is 0 Å². The molecule has 0 saturated heterocycles. The van der Waals surface area contributed by atoms with Crippen LogP contribution in [0.1, 0.15) is 153 Å². The first-order chi connectivity index (χ1) is 16.8. The van der Waals surface area contributed by atoms with Gasteiger partial charge in [0.05, 0.1) is 13.2 Å². The number of carbonyl (C=O) groups excluding carboxylic acids is 1. The summed E-state index contributed by atoms with van der Waals surface area (Å²) in [4.78, 5) is 11.3. The van der Waals surface area contributed by atoms with E-state index in [1.807, 2.05) is 18.2 Å². The summed E-state index contributed by atoms with van der Waals surface area (Å²) in [6.07, 6.45) is 27.2. The SMILES string of the molecule is CCCCCCCCCCCCOc1cc(C=O)cc(OCCCCCCCCCCCC)c1. The maximum absolute atomic E-state index is 11.3. The van der Waals surface area contributed by atoms with Gasteiger partial charge in [0.1, 0.15) is 17.8 Å². The van der Waals surface area contributed by atoms with Crippen LogP contribution < -0.4 is 9.47 Å². The fourth-order valence-corrected chi connectivity index (χ4v) is 4.39. The summed E-state index contributed by atoms with van der Waals surface area (Å²) < 4.78 is 11.9. The molecular weight excluding hydrogens is 420 g/mol. The second kappa shape index (κ2) is 23.2. The summed E-state index contributed by atoms with van der Waals surface area (Å²) in [5.74, 6) is 1.50. The molecule has 0 aliphatic carbocycles. The van der Waals surface area contributed by atoms with Crippen molar-refractivity contribution in [3.63, 3.8) is 0 Å². The molecule has 0 spiro atoms. The zero-order chi connectivity index (χ0) is 24.5. The minimum absolute atomic E-state index is 0.624. The second-order valence-electron chi connectivity index (χ2n) is 9.92. The Morgan fingerprint density at radius 1 is 0.500 bits per heavy atom. The molecule has 3 heteroatoms. The third-order valence-electron chi connectivity index (χ3n) is 6.57. The number of benzene rings is 1. The smallest absolute Gasteiger partial charge is 0.150 e. The van der Waals surface area contributed by atoms with Crippen LogP contribution in [0.2, 0.25) is 0 Å². The van der Waals surface area contributed by atoms with Crippen molar-refractivity contribution < 1.29 is 14.3 Å². The molecule has 0 aromatic heterocycles. The molecule has 0 bridgehead atoms. The molecule has 0 radical (unpaired) electrons. The number of hydrogen-bond donors (Lipinski definition) is 0. The number of hydrogen-bond acceptors (Lipinski definition) is 3. The minimum Gasteiger partial charge on any atom is -0.493 e. The molecule has 196 valence electrons. The van der Waals surface area contributed by atoms with E-state index in [1.165, 1.54) is 116 Å². The lowest BCUT2D eigenvalue weighted by molar-refractivity contribution is 0.112. The van der Waals surface area contributed by atoms with Crippen molar-refractivity contribution >= 4 is 6.29 Å². The number of aldehydes is 1. The lowest BCUT2D eigenvalue weighted by atomic mass is 10.1. The van der Waals surface area contributed by atoms with E-state index in [-0.39, 0.29) is 0 Å². The summed E-state index contributed by atoms with van der Waals surface area (Å²) >= 11 is 0. The molecule has 0 heterocycles. The maximum atomic E-state index is 11.3. The van der Waals surface area contributed by atoms with Gasteiger partial charge in [0, 0.05) is 11.6 Å². The van der Waals surface area contributed by atoms with E-state index in [0.29, 0.717) is 18.8 Å². The Bertz CT molecular complexity index is 540. The van der Waals surface area contributed by atoms with Gasteiger partial charge in [-0.3, -0.25) is 4.79 Å². The topological polar surface area (TPSA) is 35.5 Å². The van der Waals surface area contributed by atoms with Crippen LogP contribution in [0.4, 0.5) is 0 Å². The largest absolute Gasteiger partial charge is 0.493 e. The van der Waals surface area contributed by atoms with Crippen LogP contribution in [-0.4, -0.2) is 19.5 Å².